The Morgan fingerprint density at radius 2 is 1.06 bits per heavy atom. The number of aromatic nitrogens is 3. The number of aryl methyl sites for hydroxylation is 1. The lowest BCUT2D eigenvalue weighted by atomic mass is 9.51. The van der Waals surface area contributed by atoms with E-state index in [1.54, 1.807) is 0 Å². The number of benzene rings is 8. The van der Waals surface area contributed by atoms with Gasteiger partial charge in [-0.1, -0.05) is 206 Å². The Kier molecular flexibility index (Phi) is 9.14. The second kappa shape index (κ2) is 15.6. The second-order valence-electron chi connectivity index (χ2n) is 18.2. The van der Waals surface area contributed by atoms with Crippen molar-refractivity contribution in [1.82, 2.24) is 15.0 Å². The molecule has 2 unspecified atom stereocenters. The summed E-state index contributed by atoms with van der Waals surface area (Å²) in [5, 5.41) is 9.62. The summed E-state index contributed by atoms with van der Waals surface area (Å²) >= 11 is 0. The highest BCUT2D eigenvalue weighted by molar-refractivity contribution is 6.10. The van der Waals surface area contributed by atoms with Crippen LogP contribution in [0.1, 0.15) is 67.6 Å². The minimum Gasteiger partial charge on any atom is -0.383 e. The first-order valence-electron chi connectivity index (χ1n) is 23.5. The van der Waals surface area contributed by atoms with Gasteiger partial charge >= 0.3 is 0 Å². The predicted octanol–water partition coefficient (Wildman–Crippen LogP) is 13.2. The number of aliphatic imine (C=N–C) groups is 1. The van der Waals surface area contributed by atoms with E-state index in [-0.39, 0.29) is 5.84 Å². The molecule has 4 aliphatic rings. The van der Waals surface area contributed by atoms with E-state index in [2.05, 4.69) is 159 Å². The van der Waals surface area contributed by atoms with Gasteiger partial charge < -0.3 is 5.73 Å². The molecule has 9 aromatic rings. The average molecular weight is 885 g/mol. The molecular weight excluding hydrogens is 841 g/mol. The number of hydrogen-bond acceptors (Lipinski definition) is 4. The third kappa shape index (κ3) is 5.88. The zero-order chi connectivity index (χ0) is 46.3. The van der Waals surface area contributed by atoms with Crippen LogP contribution in [0.4, 0.5) is 0 Å². The lowest BCUT2D eigenvalue weighted by Gasteiger charge is -2.50. The van der Waals surface area contributed by atoms with Gasteiger partial charge in [-0.25, -0.2) is 19.9 Å². The van der Waals surface area contributed by atoms with E-state index in [0.29, 0.717) is 28.9 Å². The van der Waals surface area contributed by atoms with E-state index < -0.39 is 10.8 Å². The third-order valence-electron chi connectivity index (χ3n) is 14.7. The predicted molar refractivity (Wildman–Crippen MR) is 278 cm³/mol. The summed E-state index contributed by atoms with van der Waals surface area (Å²) in [5.74, 6) is 2.23. The highest BCUT2D eigenvalue weighted by Gasteiger charge is 2.60. The SMILES string of the molecule is Cc1cccc2c1C1(c3ccccc3-2)c2ccc(C(=N)N=C(N)c3ccccc3)cc2C2(C3=C(C=CC=CC3)c3ccccc32)c2ccc(-c3nc(-c4ccccc4)nc(-c4ccccc4)n3)cc21. The summed E-state index contributed by atoms with van der Waals surface area (Å²) in [7, 11) is 0. The Balaban J connectivity index is 1.16. The van der Waals surface area contributed by atoms with Gasteiger partial charge in [-0.3, -0.25) is 5.41 Å². The molecular formula is C63H44N6. The van der Waals surface area contributed by atoms with Crippen molar-refractivity contribution in [3.05, 3.63) is 285 Å². The normalized spacial score (nSPS) is 18.0. The molecule has 8 aromatic carbocycles. The molecule has 69 heavy (non-hydrogen) atoms. The molecule has 2 atom stereocenters. The quantitative estimate of drug-likeness (QED) is 0.133. The van der Waals surface area contributed by atoms with Crippen molar-refractivity contribution >= 4 is 17.2 Å². The van der Waals surface area contributed by atoms with Crippen LogP contribution < -0.4 is 5.73 Å². The summed E-state index contributed by atoms with van der Waals surface area (Å²) in [6.45, 7) is 2.25. The first-order valence-corrected chi connectivity index (χ1v) is 23.5. The van der Waals surface area contributed by atoms with Crippen LogP contribution in [0.15, 0.2) is 229 Å². The second-order valence-corrected chi connectivity index (χ2v) is 18.2. The standard InChI is InChI=1S/C63H44N6/c1-39-19-18-29-48-47-28-15-17-32-51(47)63(56(39)48)53-35-33-43(58(65)66-57(64)40-20-6-2-7-21-40)37-54(53)62(49-30-13-5-12-26-45(49)46-27-14-16-31-50(46)62)52-36-34-44(38-55(52)63)61-68-59(41-22-8-3-9-23-41)67-60(69-61)42-24-10-4-11-25-42/h2-29,31-38H,30H2,1H3,(H3,64,65,66). The molecule has 3 N–H and O–H groups in total. The fourth-order valence-corrected chi connectivity index (χ4v) is 11.9. The largest absolute Gasteiger partial charge is 0.383 e. The molecule has 0 saturated carbocycles. The number of rotatable bonds is 5. The van der Waals surface area contributed by atoms with Crippen molar-refractivity contribution in [2.24, 2.45) is 10.7 Å². The number of amidine groups is 2. The zero-order valence-corrected chi connectivity index (χ0v) is 37.9. The number of nitrogens with two attached hydrogens (primary N) is 1. The summed E-state index contributed by atoms with van der Waals surface area (Å²) in [6, 6.07) is 68.2. The average Bonchev–Trinajstić information content (AvgIpc) is 3.71. The van der Waals surface area contributed by atoms with Crippen LogP contribution in [-0.2, 0) is 10.8 Å². The Morgan fingerprint density at radius 3 is 1.77 bits per heavy atom. The van der Waals surface area contributed by atoms with E-state index in [4.69, 9.17) is 25.7 Å². The molecule has 0 aliphatic heterocycles. The van der Waals surface area contributed by atoms with Gasteiger partial charge in [0.25, 0.3) is 0 Å². The molecule has 0 bridgehead atoms. The monoisotopic (exact) mass is 884 g/mol. The highest BCUT2D eigenvalue weighted by atomic mass is 15.0. The van der Waals surface area contributed by atoms with Crippen LogP contribution in [0, 0.1) is 12.3 Å². The molecule has 6 heteroatoms. The number of fused-ring (bicyclic) bond motifs is 15. The van der Waals surface area contributed by atoms with Gasteiger partial charge in [0.05, 0.1) is 10.8 Å². The fraction of sp³-hybridized carbons (Fsp3) is 0.0635. The van der Waals surface area contributed by atoms with Crippen molar-refractivity contribution in [1.29, 1.82) is 5.41 Å². The Morgan fingerprint density at radius 1 is 0.493 bits per heavy atom. The zero-order valence-electron chi connectivity index (χ0n) is 37.9. The molecule has 0 saturated heterocycles. The topological polar surface area (TPSA) is 101 Å². The number of allylic oxidation sites excluding steroid dienone is 6. The molecule has 0 radical (unpaired) electrons. The molecule has 1 heterocycles. The van der Waals surface area contributed by atoms with E-state index >= 15 is 0 Å². The smallest absolute Gasteiger partial charge is 0.164 e. The number of nitrogens with one attached hydrogen (secondary N) is 1. The molecule has 4 aliphatic carbocycles. The van der Waals surface area contributed by atoms with Crippen molar-refractivity contribution in [2.45, 2.75) is 24.2 Å². The first kappa shape index (κ1) is 40.4. The lowest BCUT2D eigenvalue weighted by Crippen LogP contribution is -2.44. The van der Waals surface area contributed by atoms with Crippen LogP contribution in [-0.4, -0.2) is 26.6 Å². The maximum atomic E-state index is 9.62. The van der Waals surface area contributed by atoms with Crippen molar-refractivity contribution in [3.8, 4) is 45.3 Å². The van der Waals surface area contributed by atoms with Crippen LogP contribution >= 0.6 is 0 Å². The summed E-state index contributed by atoms with van der Waals surface area (Å²) in [5.41, 5.74) is 25.0. The van der Waals surface area contributed by atoms with E-state index in [1.165, 1.54) is 61.2 Å². The summed E-state index contributed by atoms with van der Waals surface area (Å²) in [6.07, 6.45) is 9.63. The Hall–Kier alpha value is -8.87. The fourth-order valence-electron chi connectivity index (χ4n) is 11.9. The highest BCUT2D eigenvalue weighted by Crippen LogP contribution is 2.68. The number of hydrogen-bond donors (Lipinski definition) is 2. The molecule has 2 spiro atoms. The molecule has 0 fully saturated rings. The van der Waals surface area contributed by atoms with Crippen LogP contribution in [0.3, 0.4) is 0 Å². The van der Waals surface area contributed by atoms with Gasteiger partial charge in [-0.05, 0) is 97.8 Å². The lowest BCUT2D eigenvalue weighted by molar-refractivity contribution is 0.614. The van der Waals surface area contributed by atoms with E-state index in [1.807, 2.05) is 66.7 Å². The first-order chi connectivity index (χ1) is 34.0. The van der Waals surface area contributed by atoms with Crippen molar-refractivity contribution < 1.29 is 0 Å². The van der Waals surface area contributed by atoms with Gasteiger partial charge in [-0.15, -0.1) is 0 Å². The van der Waals surface area contributed by atoms with Gasteiger partial charge in [0, 0.05) is 27.8 Å². The van der Waals surface area contributed by atoms with Crippen LogP contribution in [0.5, 0.6) is 0 Å². The minimum absolute atomic E-state index is 0.104. The molecule has 1 aromatic heterocycles. The molecule has 326 valence electrons. The van der Waals surface area contributed by atoms with Crippen LogP contribution in [0.25, 0.3) is 50.9 Å². The van der Waals surface area contributed by atoms with Crippen molar-refractivity contribution in [2.75, 3.05) is 0 Å². The Bertz CT molecular complexity index is 3680. The van der Waals surface area contributed by atoms with Crippen molar-refractivity contribution in [3.63, 3.8) is 0 Å². The summed E-state index contributed by atoms with van der Waals surface area (Å²) in [4.78, 5) is 20.4. The van der Waals surface area contributed by atoms with Gasteiger partial charge in [0.1, 0.15) is 5.84 Å². The maximum absolute atomic E-state index is 9.62. The minimum atomic E-state index is -0.789. The molecule has 13 rings (SSSR count). The molecule has 6 nitrogen and oxygen atoms in total. The maximum Gasteiger partial charge on any atom is 0.164 e. The van der Waals surface area contributed by atoms with Gasteiger partial charge in [0.2, 0.25) is 0 Å². The van der Waals surface area contributed by atoms with Gasteiger partial charge in [0.15, 0.2) is 23.3 Å². The third-order valence-corrected chi connectivity index (χ3v) is 14.7. The number of nitrogens with zero attached hydrogens (tertiary/aromatic N) is 4. The van der Waals surface area contributed by atoms with E-state index in [0.717, 1.165) is 39.8 Å². The summed E-state index contributed by atoms with van der Waals surface area (Å²) < 4.78 is 0. The van der Waals surface area contributed by atoms with E-state index in [9.17, 15) is 5.41 Å². The van der Waals surface area contributed by atoms with Gasteiger partial charge in [-0.2, -0.15) is 0 Å². The van der Waals surface area contributed by atoms with Crippen LogP contribution in [0.2, 0.25) is 0 Å². The molecule has 0 amide bonds. The Labute approximate surface area is 401 Å².